The van der Waals surface area contributed by atoms with Crippen LogP contribution in [0.5, 0.6) is 0 Å². The molecule has 3 atom stereocenters. The minimum Gasteiger partial charge on any atom is -0.314 e. The van der Waals surface area contributed by atoms with Gasteiger partial charge in [-0.05, 0) is 50.0 Å². The summed E-state index contributed by atoms with van der Waals surface area (Å²) in [5.41, 5.74) is 0. The van der Waals surface area contributed by atoms with E-state index >= 15 is 0 Å². The first-order valence-corrected chi connectivity index (χ1v) is 7.53. The molecule has 3 unspecified atom stereocenters. The van der Waals surface area contributed by atoms with E-state index in [1.807, 2.05) is 0 Å². The zero-order chi connectivity index (χ0) is 11.4. The first kappa shape index (κ1) is 12.4. The van der Waals surface area contributed by atoms with E-state index in [1.54, 1.807) is 0 Å². The van der Waals surface area contributed by atoms with Gasteiger partial charge < -0.3 is 5.32 Å². The third-order valence-corrected chi connectivity index (χ3v) is 4.82. The van der Waals surface area contributed by atoms with Crippen molar-refractivity contribution in [3.63, 3.8) is 0 Å². The van der Waals surface area contributed by atoms with E-state index in [-0.39, 0.29) is 0 Å². The molecule has 0 heterocycles. The van der Waals surface area contributed by atoms with Crippen molar-refractivity contribution in [2.75, 3.05) is 6.54 Å². The zero-order valence-electron chi connectivity index (χ0n) is 11.2. The fraction of sp³-hybridized carbons (Fsp3) is 1.00. The van der Waals surface area contributed by atoms with Gasteiger partial charge in [-0.15, -0.1) is 0 Å². The second-order valence-electron chi connectivity index (χ2n) is 6.20. The van der Waals surface area contributed by atoms with Crippen LogP contribution in [0, 0.1) is 17.8 Å². The second kappa shape index (κ2) is 6.05. The lowest BCUT2D eigenvalue weighted by molar-refractivity contribution is 0.193. The molecule has 94 valence electrons. The largest absolute Gasteiger partial charge is 0.314 e. The van der Waals surface area contributed by atoms with Crippen molar-refractivity contribution < 1.29 is 0 Å². The maximum absolute atomic E-state index is 3.65. The predicted octanol–water partition coefficient (Wildman–Crippen LogP) is 3.98. The Hall–Kier alpha value is -0.0400. The van der Waals surface area contributed by atoms with Crippen molar-refractivity contribution in [1.29, 1.82) is 0 Å². The molecule has 16 heavy (non-hydrogen) atoms. The Kier molecular flexibility index (Phi) is 4.69. The van der Waals surface area contributed by atoms with Crippen LogP contribution < -0.4 is 5.32 Å². The molecule has 0 bridgehead atoms. The van der Waals surface area contributed by atoms with Crippen molar-refractivity contribution in [2.45, 2.75) is 71.3 Å². The molecule has 2 aliphatic rings. The molecule has 2 aliphatic carbocycles. The zero-order valence-corrected chi connectivity index (χ0v) is 11.2. The van der Waals surface area contributed by atoms with E-state index in [2.05, 4.69) is 19.2 Å². The van der Waals surface area contributed by atoms with E-state index in [1.165, 1.54) is 57.9 Å². The fourth-order valence-corrected chi connectivity index (χ4v) is 3.26. The van der Waals surface area contributed by atoms with Gasteiger partial charge in [0.2, 0.25) is 0 Å². The summed E-state index contributed by atoms with van der Waals surface area (Å²) >= 11 is 0. The topological polar surface area (TPSA) is 12.0 Å². The summed E-state index contributed by atoms with van der Waals surface area (Å²) in [5.74, 6) is 3.01. The molecule has 2 saturated carbocycles. The molecule has 2 rings (SSSR count). The Morgan fingerprint density at radius 1 is 1.19 bits per heavy atom. The van der Waals surface area contributed by atoms with Crippen LogP contribution in [0.4, 0.5) is 0 Å². The van der Waals surface area contributed by atoms with Crippen LogP contribution in [0.25, 0.3) is 0 Å². The van der Waals surface area contributed by atoms with Crippen molar-refractivity contribution in [1.82, 2.24) is 5.32 Å². The van der Waals surface area contributed by atoms with E-state index in [0.717, 1.165) is 23.8 Å². The highest BCUT2D eigenvalue weighted by atomic mass is 14.9. The molecule has 1 heteroatoms. The van der Waals surface area contributed by atoms with Gasteiger partial charge in [0.05, 0.1) is 0 Å². The molecule has 0 saturated heterocycles. The van der Waals surface area contributed by atoms with Crippen LogP contribution in [0.3, 0.4) is 0 Å². The number of nitrogens with one attached hydrogen (secondary N) is 1. The molecule has 0 radical (unpaired) electrons. The highest BCUT2D eigenvalue weighted by Gasteiger charge is 2.25. The molecule has 0 aromatic heterocycles. The molecular weight excluding hydrogens is 194 g/mol. The standard InChI is InChI=1S/C15H29N/c1-3-13-5-4-6-14(11-13)12(2)9-10-16-15-7-8-15/h12-16H,3-11H2,1-2H3. The van der Waals surface area contributed by atoms with Gasteiger partial charge in [0.1, 0.15) is 0 Å². The van der Waals surface area contributed by atoms with Gasteiger partial charge in [0.25, 0.3) is 0 Å². The first-order valence-electron chi connectivity index (χ1n) is 7.53. The third-order valence-electron chi connectivity index (χ3n) is 4.82. The highest BCUT2D eigenvalue weighted by Crippen LogP contribution is 2.36. The summed E-state index contributed by atoms with van der Waals surface area (Å²) in [7, 11) is 0. The van der Waals surface area contributed by atoms with Gasteiger partial charge in [-0.3, -0.25) is 0 Å². The number of rotatable bonds is 6. The van der Waals surface area contributed by atoms with Crippen LogP contribution in [0.2, 0.25) is 0 Å². The maximum Gasteiger partial charge on any atom is 0.00682 e. The predicted molar refractivity (Wildman–Crippen MR) is 70.5 cm³/mol. The van der Waals surface area contributed by atoms with Gasteiger partial charge in [-0.2, -0.15) is 0 Å². The van der Waals surface area contributed by atoms with Crippen molar-refractivity contribution in [3.8, 4) is 0 Å². The molecule has 2 fully saturated rings. The molecule has 0 aliphatic heterocycles. The normalized spacial score (nSPS) is 32.6. The summed E-state index contributed by atoms with van der Waals surface area (Å²) in [4.78, 5) is 0. The third kappa shape index (κ3) is 3.76. The molecule has 0 aromatic carbocycles. The average molecular weight is 223 g/mol. The fourth-order valence-electron chi connectivity index (χ4n) is 3.26. The minimum atomic E-state index is 0.891. The van der Waals surface area contributed by atoms with Crippen molar-refractivity contribution in [3.05, 3.63) is 0 Å². The molecule has 0 aromatic rings. The van der Waals surface area contributed by atoms with Gasteiger partial charge >= 0.3 is 0 Å². The van der Waals surface area contributed by atoms with E-state index in [0.29, 0.717) is 0 Å². The lowest BCUT2D eigenvalue weighted by Crippen LogP contribution is -2.25. The summed E-state index contributed by atoms with van der Waals surface area (Å²) < 4.78 is 0. The van der Waals surface area contributed by atoms with Gasteiger partial charge in [0.15, 0.2) is 0 Å². The number of hydrogen-bond acceptors (Lipinski definition) is 1. The SMILES string of the molecule is CCC1CCCC(C(C)CCNC2CC2)C1. The summed E-state index contributed by atoms with van der Waals surface area (Å²) in [5, 5.41) is 3.65. The second-order valence-corrected chi connectivity index (χ2v) is 6.20. The first-order chi connectivity index (χ1) is 7.79. The molecule has 0 amide bonds. The molecular formula is C15H29N. The van der Waals surface area contributed by atoms with Crippen LogP contribution in [-0.4, -0.2) is 12.6 Å². The summed E-state index contributed by atoms with van der Waals surface area (Å²) in [6.07, 6.45) is 11.7. The average Bonchev–Trinajstić information content (AvgIpc) is 3.13. The van der Waals surface area contributed by atoms with E-state index in [4.69, 9.17) is 0 Å². The molecule has 1 nitrogen and oxygen atoms in total. The molecule has 1 N–H and O–H groups in total. The Bertz CT molecular complexity index is 198. The van der Waals surface area contributed by atoms with Crippen LogP contribution in [-0.2, 0) is 0 Å². The number of hydrogen-bond donors (Lipinski definition) is 1. The van der Waals surface area contributed by atoms with E-state index in [9.17, 15) is 0 Å². The Morgan fingerprint density at radius 3 is 2.69 bits per heavy atom. The minimum absolute atomic E-state index is 0.891. The Balaban J connectivity index is 1.64. The smallest absolute Gasteiger partial charge is 0.00682 e. The van der Waals surface area contributed by atoms with Crippen LogP contribution >= 0.6 is 0 Å². The summed E-state index contributed by atoms with van der Waals surface area (Å²) in [6, 6.07) is 0.891. The highest BCUT2D eigenvalue weighted by molar-refractivity contribution is 4.82. The van der Waals surface area contributed by atoms with Gasteiger partial charge in [0, 0.05) is 6.04 Å². The summed E-state index contributed by atoms with van der Waals surface area (Å²) in [6.45, 7) is 6.11. The van der Waals surface area contributed by atoms with Gasteiger partial charge in [-0.1, -0.05) is 39.5 Å². The monoisotopic (exact) mass is 223 g/mol. The Labute approximate surface area is 101 Å². The van der Waals surface area contributed by atoms with Crippen LogP contribution in [0.15, 0.2) is 0 Å². The van der Waals surface area contributed by atoms with Crippen molar-refractivity contribution in [2.24, 2.45) is 17.8 Å². The van der Waals surface area contributed by atoms with Crippen molar-refractivity contribution >= 4 is 0 Å². The van der Waals surface area contributed by atoms with Crippen LogP contribution in [0.1, 0.15) is 65.2 Å². The van der Waals surface area contributed by atoms with E-state index < -0.39 is 0 Å². The maximum atomic E-state index is 3.65. The lowest BCUT2D eigenvalue weighted by atomic mass is 9.74. The quantitative estimate of drug-likeness (QED) is 0.718. The van der Waals surface area contributed by atoms with Gasteiger partial charge in [-0.25, -0.2) is 0 Å². The Morgan fingerprint density at radius 2 is 2.00 bits per heavy atom. The molecule has 0 spiro atoms. The lowest BCUT2D eigenvalue weighted by Gasteiger charge is -2.32.